The van der Waals surface area contributed by atoms with Gasteiger partial charge in [0, 0.05) is 19.3 Å². The van der Waals surface area contributed by atoms with E-state index < -0.39 is 6.10 Å². The van der Waals surface area contributed by atoms with Crippen molar-refractivity contribution in [1.82, 2.24) is 0 Å². The van der Waals surface area contributed by atoms with Crippen LogP contribution in [0.2, 0.25) is 0 Å². The predicted octanol–water partition coefficient (Wildman–Crippen LogP) is 18.1. The zero-order valence-electron chi connectivity index (χ0n) is 47.6. The summed E-state index contributed by atoms with van der Waals surface area (Å²) in [5.74, 6) is -0.585. The van der Waals surface area contributed by atoms with Crippen molar-refractivity contribution in [1.29, 1.82) is 0 Å². The third-order valence-electron chi connectivity index (χ3n) is 13.2. The topological polar surface area (TPSA) is 107 Å². The van der Waals surface area contributed by atoms with Gasteiger partial charge in [-0.05, 0) is 96.3 Å². The van der Waals surface area contributed by atoms with Crippen molar-refractivity contribution in [2.75, 3.05) is 52.9 Å². The minimum absolute atomic E-state index is 0.155. The molecule has 0 saturated carbocycles. The first kappa shape index (κ1) is 69.5. The summed E-state index contributed by atoms with van der Waals surface area (Å²) >= 11 is 0. The molecule has 0 aliphatic carbocycles. The molecule has 9 nitrogen and oxygen atoms in total. The van der Waals surface area contributed by atoms with Crippen LogP contribution in [0.3, 0.4) is 0 Å². The van der Waals surface area contributed by atoms with Crippen LogP contribution in [0.15, 0.2) is 36.5 Å². The third kappa shape index (κ3) is 58.4. The fourth-order valence-electron chi connectivity index (χ4n) is 8.61. The SMILES string of the molecule is CCCCCCCC/C=C\CCCCCCCC(=O)OCCOCC(COCCOC(=O)CCCCCCC/C=C/CCCCCCCC)OCCOC(=O)CCCCCCC/C=C\CCCCCCCC. The van der Waals surface area contributed by atoms with E-state index in [1.165, 1.54) is 173 Å². The van der Waals surface area contributed by atoms with Crippen molar-refractivity contribution in [3.63, 3.8) is 0 Å². The van der Waals surface area contributed by atoms with E-state index in [4.69, 9.17) is 28.4 Å². The van der Waals surface area contributed by atoms with Crippen LogP contribution >= 0.6 is 0 Å². The molecule has 422 valence electrons. The number of allylic oxidation sites excluding steroid dienone is 6. The first-order chi connectivity index (χ1) is 35.5. The summed E-state index contributed by atoms with van der Waals surface area (Å²) in [6.07, 6.45) is 62.5. The van der Waals surface area contributed by atoms with Crippen molar-refractivity contribution in [2.24, 2.45) is 0 Å². The molecule has 0 N–H and O–H groups in total. The fraction of sp³-hybridized carbons (Fsp3) is 0.857. The molecule has 0 amide bonds. The molecule has 0 bridgehead atoms. The van der Waals surface area contributed by atoms with Crippen molar-refractivity contribution < 1.29 is 42.8 Å². The molecule has 1 atom stereocenters. The van der Waals surface area contributed by atoms with Gasteiger partial charge in [0.25, 0.3) is 0 Å². The van der Waals surface area contributed by atoms with Crippen LogP contribution in [0.1, 0.15) is 290 Å². The van der Waals surface area contributed by atoms with Gasteiger partial charge in [-0.2, -0.15) is 0 Å². The Morgan fingerprint density at radius 2 is 0.528 bits per heavy atom. The highest BCUT2D eigenvalue weighted by Crippen LogP contribution is 2.14. The zero-order valence-corrected chi connectivity index (χ0v) is 47.6. The lowest BCUT2D eigenvalue weighted by Gasteiger charge is -2.18. The van der Waals surface area contributed by atoms with E-state index in [2.05, 4.69) is 57.2 Å². The average molecular weight is 1020 g/mol. The fourth-order valence-corrected chi connectivity index (χ4v) is 8.61. The summed E-state index contributed by atoms with van der Waals surface area (Å²) in [4.78, 5) is 37.0. The van der Waals surface area contributed by atoms with Crippen LogP contribution in [0.4, 0.5) is 0 Å². The third-order valence-corrected chi connectivity index (χ3v) is 13.2. The normalized spacial score (nSPS) is 12.2. The number of hydrogen-bond acceptors (Lipinski definition) is 9. The lowest BCUT2D eigenvalue weighted by Crippen LogP contribution is -2.29. The summed E-state index contributed by atoms with van der Waals surface area (Å²) in [5.41, 5.74) is 0. The van der Waals surface area contributed by atoms with E-state index in [1.54, 1.807) is 0 Å². The zero-order chi connectivity index (χ0) is 52.2. The van der Waals surface area contributed by atoms with Crippen molar-refractivity contribution >= 4 is 17.9 Å². The van der Waals surface area contributed by atoms with E-state index in [1.807, 2.05) is 0 Å². The van der Waals surface area contributed by atoms with Crippen LogP contribution in [0.25, 0.3) is 0 Å². The lowest BCUT2D eigenvalue weighted by atomic mass is 10.1. The molecule has 0 fully saturated rings. The second kappa shape index (κ2) is 61.1. The monoisotopic (exact) mass is 1020 g/mol. The molecule has 72 heavy (non-hydrogen) atoms. The summed E-state index contributed by atoms with van der Waals surface area (Å²) in [7, 11) is 0. The number of esters is 3. The van der Waals surface area contributed by atoms with E-state index in [-0.39, 0.29) is 70.8 Å². The first-order valence-electron chi connectivity index (χ1n) is 30.7. The van der Waals surface area contributed by atoms with Crippen LogP contribution in [-0.4, -0.2) is 76.9 Å². The van der Waals surface area contributed by atoms with Gasteiger partial charge in [0.2, 0.25) is 0 Å². The Kier molecular flexibility index (Phi) is 58.9. The highest BCUT2D eigenvalue weighted by Gasteiger charge is 2.13. The molecular weight excluding hydrogens is 901 g/mol. The van der Waals surface area contributed by atoms with Crippen molar-refractivity contribution in [2.45, 2.75) is 297 Å². The molecule has 0 aromatic rings. The maximum Gasteiger partial charge on any atom is 0.305 e. The number of ether oxygens (including phenoxy) is 6. The van der Waals surface area contributed by atoms with Gasteiger partial charge in [0.05, 0.1) is 33.0 Å². The van der Waals surface area contributed by atoms with Crippen molar-refractivity contribution in [3.05, 3.63) is 36.5 Å². The van der Waals surface area contributed by atoms with Crippen molar-refractivity contribution in [3.8, 4) is 0 Å². The van der Waals surface area contributed by atoms with Gasteiger partial charge in [-0.15, -0.1) is 0 Å². The van der Waals surface area contributed by atoms with E-state index >= 15 is 0 Å². The number of rotatable bonds is 59. The second-order valence-corrected chi connectivity index (χ2v) is 20.3. The summed E-state index contributed by atoms with van der Waals surface area (Å²) < 4.78 is 33.9. The van der Waals surface area contributed by atoms with E-state index in [9.17, 15) is 14.4 Å². The van der Waals surface area contributed by atoms with E-state index in [0.29, 0.717) is 19.3 Å². The minimum Gasteiger partial charge on any atom is -0.463 e. The number of carbonyl (C=O) groups is 3. The van der Waals surface area contributed by atoms with Gasteiger partial charge < -0.3 is 28.4 Å². The van der Waals surface area contributed by atoms with Crippen LogP contribution in [0, 0.1) is 0 Å². The maximum atomic E-state index is 12.4. The maximum absolute atomic E-state index is 12.4. The average Bonchev–Trinajstić information content (AvgIpc) is 3.38. The molecule has 0 aromatic heterocycles. The first-order valence-corrected chi connectivity index (χ1v) is 30.7. The Bertz CT molecular complexity index is 1150. The van der Waals surface area contributed by atoms with Crippen LogP contribution in [0.5, 0.6) is 0 Å². The van der Waals surface area contributed by atoms with E-state index in [0.717, 1.165) is 77.0 Å². The number of unbranched alkanes of at least 4 members (excludes halogenated alkanes) is 33. The Morgan fingerprint density at radius 3 is 0.806 bits per heavy atom. The minimum atomic E-state index is -0.424. The highest BCUT2D eigenvalue weighted by molar-refractivity contribution is 5.69. The molecule has 9 heteroatoms. The molecule has 0 spiro atoms. The Morgan fingerprint density at radius 1 is 0.292 bits per heavy atom. The Balaban J connectivity index is 4.31. The molecule has 0 radical (unpaired) electrons. The number of hydrogen-bond donors (Lipinski definition) is 0. The molecule has 0 aliphatic heterocycles. The smallest absolute Gasteiger partial charge is 0.305 e. The van der Waals surface area contributed by atoms with Gasteiger partial charge in [-0.1, -0.05) is 211 Å². The quantitative estimate of drug-likeness (QED) is 0.0255. The van der Waals surface area contributed by atoms with Gasteiger partial charge in [-0.25, -0.2) is 0 Å². The molecule has 0 aromatic carbocycles. The Hall–Kier alpha value is -2.49. The van der Waals surface area contributed by atoms with Crippen LogP contribution in [-0.2, 0) is 42.8 Å². The molecule has 1 unspecified atom stereocenters. The molecular formula is C63H116O9. The molecule has 0 rings (SSSR count). The second-order valence-electron chi connectivity index (χ2n) is 20.3. The predicted molar refractivity (Wildman–Crippen MR) is 303 cm³/mol. The molecule has 0 heterocycles. The van der Waals surface area contributed by atoms with Gasteiger partial charge >= 0.3 is 17.9 Å². The van der Waals surface area contributed by atoms with Gasteiger partial charge in [-0.3, -0.25) is 14.4 Å². The van der Waals surface area contributed by atoms with Crippen LogP contribution < -0.4 is 0 Å². The van der Waals surface area contributed by atoms with Gasteiger partial charge in [0.1, 0.15) is 25.9 Å². The Labute approximate surface area is 444 Å². The van der Waals surface area contributed by atoms with Gasteiger partial charge in [0.15, 0.2) is 0 Å². The number of carbonyl (C=O) groups excluding carboxylic acids is 3. The summed E-state index contributed by atoms with van der Waals surface area (Å²) in [5, 5.41) is 0. The molecule has 0 aliphatic rings. The molecule has 0 saturated heterocycles. The lowest BCUT2D eigenvalue weighted by molar-refractivity contribution is -0.150. The largest absolute Gasteiger partial charge is 0.463 e. The summed E-state index contributed by atoms with van der Waals surface area (Å²) in [6, 6.07) is 0. The summed E-state index contributed by atoms with van der Waals surface area (Å²) in [6.45, 7) is 8.46. The standard InChI is InChI=1S/C63H116O9/c1-4-7-10-13-16-19-22-25-28-31-34-37-40-43-46-49-61(64)70-54-52-67-58-60(69-56-57-72-63(66)51-48-45-42-39-36-33-30-27-24-21-18-15-12-9-6-3)59-68-53-55-71-62(65)50-47-44-41-38-35-32-29-26-23-20-17-14-11-8-5-2/h25-30,60H,4-24,31-59H2,1-3H3/b28-25-,29-26+,30-27-. The highest BCUT2D eigenvalue weighted by atomic mass is 16.6.